The second-order valence-electron chi connectivity index (χ2n) is 13.4. The number of ether oxygens (including phenoxy) is 2. The van der Waals surface area contributed by atoms with E-state index in [2.05, 4.69) is 26.0 Å². The number of amides is 3. The summed E-state index contributed by atoms with van der Waals surface area (Å²) in [5, 5.41) is 12.6. The van der Waals surface area contributed by atoms with Crippen LogP contribution < -0.4 is 16.0 Å². The average molecular weight is 674 g/mol. The second-order valence-corrected chi connectivity index (χ2v) is 13.4. The van der Waals surface area contributed by atoms with Crippen molar-refractivity contribution in [3.8, 4) is 0 Å². The van der Waals surface area contributed by atoms with Gasteiger partial charge in [-0.3, -0.25) is 24.1 Å². The summed E-state index contributed by atoms with van der Waals surface area (Å²) in [6.45, 7) is 9.24. The largest absolute Gasteiger partial charge is 0.379 e. The number of nitrogens with zero attached hydrogens (tertiary/aromatic N) is 2. The Morgan fingerprint density at radius 3 is 2.10 bits per heavy atom. The predicted molar refractivity (Wildman–Crippen MR) is 181 cm³/mol. The Hall–Kier alpha value is -4.39. The van der Waals surface area contributed by atoms with Crippen LogP contribution >= 0.6 is 0 Å². The van der Waals surface area contributed by atoms with Crippen LogP contribution in [0.4, 0.5) is 0 Å². The molecule has 0 saturated carbocycles. The minimum atomic E-state index is -1.02. The topological polar surface area (TPSA) is 155 Å². The van der Waals surface area contributed by atoms with Crippen molar-refractivity contribution in [1.29, 1.82) is 0 Å². The molecule has 3 heterocycles. The summed E-state index contributed by atoms with van der Waals surface area (Å²) in [5.74, 6) is -1.10. The first kappa shape index (κ1) is 35.9. The number of nitrogens with one attached hydrogen (secondary N) is 3. The summed E-state index contributed by atoms with van der Waals surface area (Å²) < 4.78 is 16.3. The number of hydrogen-bond acceptors (Lipinski definition) is 9. The zero-order valence-electron chi connectivity index (χ0n) is 28.5. The van der Waals surface area contributed by atoms with E-state index in [0.717, 1.165) is 24.2 Å². The molecule has 49 heavy (non-hydrogen) atoms. The Labute approximate surface area is 287 Å². The van der Waals surface area contributed by atoms with Crippen molar-refractivity contribution in [1.82, 2.24) is 26.0 Å². The SMILES string of the molecule is CC(C)CC(NC(=O)[C@H](Cc1ccccc1)NC(=O)C(CCc1ccccc1)NC(=O)c1cc(CN2CCOCC2)on1)C(=O)[C@@]1(C)CO1. The Balaban J connectivity index is 1.32. The van der Waals surface area contributed by atoms with Gasteiger partial charge in [0.1, 0.15) is 17.7 Å². The van der Waals surface area contributed by atoms with Crippen LogP contribution in [-0.4, -0.2) is 90.2 Å². The lowest BCUT2D eigenvalue weighted by Gasteiger charge is -2.26. The number of carbonyl (C=O) groups is 4. The Kier molecular flexibility index (Phi) is 12.3. The first-order chi connectivity index (χ1) is 23.6. The molecular weight excluding hydrogens is 626 g/mol. The number of rotatable bonds is 17. The molecule has 2 aliphatic heterocycles. The molecule has 4 atom stereocenters. The summed E-state index contributed by atoms with van der Waals surface area (Å²) in [4.78, 5) is 56.8. The summed E-state index contributed by atoms with van der Waals surface area (Å²) >= 11 is 0. The van der Waals surface area contributed by atoms with E-state index < -0.39 is 41.4 Å². The molecule has 3 aromatic rings. The lowest BCUT2D eigenvalue weighted by atomic mass is 9.93. The van der Waals surface area contributed by atoms with Gasteiger partial charge < -0.3 is 29.9 Å². The minimum absolute atomic E-state index is 0.0604. The highest BCUT2D eigenvalue weighted by Crippen LogP contribution is 2.29. The maximum Gasteiger partial charge on any atom is 0.274 e. The fourth-order valence-electron chi connectivity index (χ4n) is 5.86. The molecule has 0 radical (unpaired) electrons. The van der Waals surface area contributed by atoms with Crippen LogP contribution in [0.1, 0.15) is 61.0 Å². The molecule has 2 fully saturated rings. The number of carbonyl (C=O) groups excluding carboxylic acids is 4. The molecular formula is C37H47N5O7. The first-order valence-corrected chi connectivity index (χ1v) is 17.0. The molecule has 0 aliphatic carbocycles. The van der Waals surface area contributed by atoms with E-state index in [1.165, 1.54) is 0 Å². The number of ketones is 1. The van der Waals surface area contributed by atoms with Crippen LogP contribution in [0.2, 0.25) is 0 Å². The molecule has 12 nitrogen and oxygen atoms in total. The molecule has 5 rings (SSSR count). The fraction of sp³-hybridized carbons (Fsp3) is 0.486. The zero-order chi connectivity index (χ0) is 34.8. The van der Waals surface area contributed by atoms with Crippen molar-refractivity contribution in [3.05, 3.63) is 89.3 Å². The van der Waals surface area contributed by atoms with E-state index >= 15 is 0 Å². The van der Waals surface area contributed by atoms with Gasteiger partial charge in [-0.25, -0.2) is 0 Å². The van der Waals surface area contributed by atoms with Crippen molar-refractivity contribution < 1.29 is 33.2 Å². The van der Waals surface area contributed by atoms with Crippen molar-refractivity contribution in [2.24, 2.45) is 5.92 Å². The molecule has 2 aliphatic rings. The number of epoxide rings is 1. The molecule has 3 amide bonds. The van der Waals surface area contributed by atoms with Crippen LogP contribution in [0.25, 0.3) is 0 Å². The maximum atomic E-state index is 14.0. The van der Waals surface area contributed by atoms with Crippen LogP contribution in [0, 0.1) is 5.92 Å². The van der Waals surface area contributed by atoms with Gasteiger partial charge in [0, 0.05) is 25.6 Å². The third kappa shape index (κ3) is 10.5. The standard InChI is InChI=1S/C37H47N5O7/c1-25(2)20-30(33(43)37(3)24-48-37)39-35(45)31(21-27-12-8-5-9-13-27)40-34(44)29(15-14-26-10-6-4-7-11-26)38-36(46)32-22-28(49-41-32)23-42-16-18-47-19-17-42/h4-13,22,25,29-31H,14-21,23-24H2,1-3H3,(H,38,46)(H,39,45)(H,40,44)/t29?,30?,31-,37+/m0/s1. The molecule has 2 unspecified atom stereocenters. The summed E-state index contributed by atoms with van der Waals surface area (Å²) in [6.07, 6.45) is 1.38. The van der Waals surface area contributed by atoms with Gasteiger partial charge >= 0.3 is 0 Å². The quantitative estimate of drug-likeness (QED) is 0.184. The molecule has 2 aromatic carbocycles. The molecule has 0 bridgehead atoms. The van der Waals surface area contributed by atoms with Gasteiger partial charge in [-0.05, 0) is 43.2 Å². The lowest BCUT2D eigenvalue weighted by Crippen LogP contribution is -2.57. The number of aryl methyl sites for hydroxylation is 1. The maximum absolute atomic E-state index is 14.0. The van der Waals surface area contributed by atoms with Crippen molar-refractivity contribution >= 4 is 23.5 Å². The first-order valence-electron chi connectivity index (χ1n) is 17.0. The minimum Gasteiger partial charge on any atom is -0.379 e. The van der Waals surface area contributed by atoms with Crippen molar-refractivity contribution in [3.63, 3.8) is 0 Å². The normalized spacial score (nSPS) is 19.4. The predicted octanol–water partition coefficient (Wildman–Crippen LogP) is 2.85. The monoisotopic (exact) mass is 673 g/mol. The van der Waals surface area contributed by atoms with Gasteiger partial charge in [-0.1, -0.05) is 79.7 Å². The number of aromatic nitrogens is 1. The summed E-state index contributed by atoms with van der Waals surface area (Å²) in [7, 11) is 0. The molecule has 12 heteroatoms. The molecule has 3 N–H and O–H groups in total. The Morgan fingerprint density at radius 2 is 1.47 bits per heavy atom. The number of Topliss-reactive ketones (excluding diaryl/α,β-unsaturated/α-hetero) is 1. The summed E-state index contributed by atoms with van der Waals surface area (Å²) in [5.41, 5.74) is 0.965. The number of hydrogen-bond donors (Lipinski definition) is 3. The van der Waals surface area contributed by atoms with Crippen molar-refractivity contribution in [2.45, 2.75) is 76.7 Å². The van der Waals surface area contributed by atoms with Crippen LogP contribution in [0.15, 0.2) is 71.3 Å². The average Bonchev–Trinajstić information content (AvgIpc) is 3.68. The van der Waals surface area contributed by atoms with E-state index in [1.54, 1.807) is 13.0 Å². The molecule has 2 saturated heterocycles. The third-order valence-corrected chi connectivity index (χ3v) is 8.82. The Morgan fingerprint density at radius 1 is 0.857 bits per heavy atom. The van der Waals surface area contributed by atoms with Gasteiger partial charge in [0.15, 0.2) is 17.2 Å². The van der Waals surface area contributed by atoms with E-state index in [-0.39, 0.29) is 30.2 Å². The van der Waals surface area contributed by atoms with Crippen LogP contribution in [0.3, 0.4) is 0 Å². The highest BCUT2D eigenvalue weighted by Gasteiger charge is 2.50. The zero-order valence-corrected chi connectivity index (χ0v) is 28.5. The molecule has 0 spiro atoms. The van der Waals surface area contributed by atoms with Crippen molar-refractivity contribution in [2.75, 3.05) is 32.9 Å². The highest BCUT2D eigenvalue weighted by molar-refractivity contribution is 5.99. The van der Waals surface area contributed by atoms with Gasteiger partial charge in [0.25, 0.3) is 5.91 Å². The van der Waals surface area contributed by atoms with Gasteiger partial charge in [-0.2, -0.15) is 0 Å². The number of benzene rings is 2. The van der Waals surface area contributed by atoms with Gasteiger partial charge in [0.05, 0.1) is 32.4 Å². The second kappa shape index (κ2) is 16.8. The van der Waals surface area contributed by atoms with E-state index in [0.29, 0.717) is 45.0 Å². The fourth-order valence-corrected chi connectivity index (χ4v) is 5.86. The third-order valence-electron chi connectivity index (χ3n) is 8.82. The van der Waals surface area contributed by atoms with E-state index in [9.17, 15) is 19.2 Å². The van der Waals surface area contributed by atoms with E-state index in [1.807, 2.05) is 74.5 Å². The Bertz CT molecular complexity index is 1550. The van der Waals surface area contributed by atoms with Crippen LogP contribution in [0.5, 0.6) is 0 Å². The molecule has 1 aromatic heterocycles. The van der Waals surface area contributed by atoms with Gasteiger partial charge in [0.2, 0.25) is 11.8 Å². The summed E-state index contributed by atoms with van der Waals surface area (Å²) in [6, 6.07) is 17.8. The lowest BCUT2D eigenvalue weighted by molar-refractivity contribution is -0.133. The van der Waals surface area contributed by atoms with Crippen LogP contribution in [-0.2, 0) is 43.2 Å². The van der Waals surface area contributed by atoms with E-state index in [4.69, 9.17) is 14.0 Å². The smallest absolute Gasteiger partial charge is 0.274 e. The highest BCUT2D eigenvalue weighted by atomic mass is 16.6. The van der Waals surface area contributed by atoms with Gasteiger partial charge in [-0.15, -0.1) is 0 Å². The number of morpholine rings is 1. The molecule has 262 valence electrons.